The summed E-state index contributed by atoms with van der Waals surface area (Å²) in [6.45, 7) is 2.05. The highest BCUT2D eigenvalue weighted by molar-refractivity contribution is 7.89. The van der Waals surface area contributed by atoms with Gasteiger partial charge in [0.2, 0.25) is 10.0 Å². The van der Waals surface area contributed by atoms with Crippen molar-refractivity contribution in [2.45, 2.75) is 0 Å². The molecule has 32 heavy (non-hydrogen) atoms. The molecule has 4 rings (SSSR count). The number of benzene rings is 3. The molecule has 0 unspecified atom stereocenters. The van der Waals surface area contributed by atoms with Crippen LogP contribution in [0.4, 0.5) is 5.69 Å². The third-order valence-corrected chi connectivity index (χ3v) is 7.59. The van der Waals surface area contributed by atoms with Crippen LogP contribution in [0.3, 0.4) is 0 Å². The maximum atomic E-state index is 12.8. The van der Waals surface area contributed by atoms with Crippen LogP contribution in [0.2, 0.25) is 0 Å². The Morgan fingerprint density at radius 1 is 0.938 bits per heavy atom. The van der Waals surface area contributed by atoms with Crippen LogP contribution in [0, 0.1) is 0 Å². The Balaban J connectivity index is 1.30. The predicted octanol–water partition coefficient (Wildman–Crippen LogP) is 2.73. The minimum atomic E-state index is -3.46. The Morgan fingerprint density at radius 2 is 1.62 bits per heavy atom. The van der Waals surface area contributed by atoms with Gasteiger partial charge in [0.25, 0.3) is 5.91 Å². The number of ether oxygens (including phenoxy) is 1. The van der Waals surface area contributed by atoms with E-state index in [2.05, 4.69) is 10.2 Å². The van der Waals surface area contributed by atoms with Gasteiger partial charge in [-0.05, 0) is 35.0 Å². The largest absolute Gasteiger partial charge is 0.495 e. The standard InChI is InChI=1S/C24H27N3O4S/c1-31-23-9-5-4-8-22(23)26-13-15-27(16-14-26)32(29,30)17-12-25-24(28)21-11-10-19-6-2-3-7-20(19)18-21/h2-11,18H,12-17H2,1H3,(H,25,28). The second-order valence-corrected chi connectivity index (χ2v) is 9.78. The first kappa shape index (κ1) is 22.1. The molecule has 0 bridgehead atoms. The number of rotatable bonds is 7. The second kappa shape index (κ2) is 9.58. The first-order chi connectivity index (χ1) is 15.5. The molecule has 0 saturated carbocycles. The number of hydrogen-bond acceptors (Lipinski definition) is 5. The van der Waals surface area contributed by atoms with Crippen molar-refractivity contribution in [2.24, 2.45) is 0 Å². The molecule has 1 fully saturated rings. The second-order valence-electron chi connectivity index (χ2n) is 7.69. The third-order valence-electron chi connectivity index (χ3n) is 5.72. The molecule has 1 amide bonds. The molecule has 0 aliphatic carbocycles. The van der Waals surface area contributed by atoms with Crippen molar-refractivity contribution in [3.05, 3.63) is 72.3 Å². The van der Waals surface area contributed by atoms with E-state index < -0.39 is 10.0 Å². The minimum absolute atomic E-state index is 0.0702. The van der Waals surface area contributed by atoms with Crippen LogP contribution in [0.15, 0.2) is 66.7 Å². The van der Waals surface area contributed by atoms with Crippen molar-refractivity contribution in [1.82, 2.24) is 9.62 Å². The Hall–Kier alpha value is -3.10. The van der Waals surface area contributed by atoms with Crippen molar-refractivity contribution >= 4 is 32.4 Å². The molecule has 3 aromatic rings. The number of para-hydroxylation sites is 2. The van der Waals surface area contributed by atoms with Gasteiger partial charge in [-0.15, -0.1) is 0 Å². The summed E-state index contributed by atoms with van der Waals surface area (Å²) in [5.74, 6) is 0.383. The number of hydrogen-bond donors (Lipinski definition) is 1. The fraction of sp³-hybridized carbons (Fsp3) is 0.292. The maximum Gasteiger partial charge on any atom is 0.251 e. The third kappa shape index (κ3) is 4.87. The average molecular weight is 454 g/mol. The molecule has 1 aliphatic rings. The minimum Gasteiger partial charge on any atom is -0.495 e. The van der Waals surface area contributed by atoms with Crippen molar-refractivity contribution in [2.75, 3.05) is 50.5 Å². The van der Waals surface area contributed by atoms with E-state index in [1.807, 2.05) is 60.7 Å². The van der Waals surface area contributed by atoms with E-state index in [0.717, 1.165) is 22.2 Å². The molecule has 7 nitrogen and oxygen atoms in total. The topological polar surface area (TPSA) is 79.0 Å². The van der Waals surface area contributed by atoms with E-state index in [0.29, 0.717) is 31.7 Å². The summed E-state index contributed by atoms with van der Waals surface area (Å²) in [6.07, 6.45) is 0. The number of amides is 1. The number of carbonyl (C=O) groups excluding carboxylic acids is 1. The smallest absolute Gasteiger partial charge is 0.251 e. The van der Waals surface area contributed by atoms with E-state index in [1.165, 1.54) is 4.31 Å². The highest BCUT2D eigenvalue weighted by Gasteiger charge is 2.27. The lowest BCUT2D eigenvalue weighted by molar-refractivity contribution is 0.0956. The SMILES string of the molecule is COc1ccccc1N1CCN(S(=O)(=O)CCNC(=O)c2ccc3ccccc3c2)CC1. The molecule has 1 N–H and O–H groups in total. The molecule has 3 aromatic carbocycles. The summed E-state index contributed by atoms with van der Waals surface area (Å²) in [6, 6.07) is 21.0. The number of nitrogens with one attached hydrogen (secondary N) is 1. The van der Waals surface area contributed by atoms with Gasteiger partial charge in [-0.1, -0.05) is 42.5 Å². The van der Waals surface area contributed by atoms with E-state index in [4.69, 9.17) is 4.74 Å². The average Bonchev–Trinajstić information content (AvgIpc) is 2.83. The zero-order chi connectivity index (χ0) is 22.6. The van der Waals surface area contributed by atoms with E-state index in [9.17, 15) is 13.2 Å². The Labute approximate surface area is 188 Å². The lowest BCUT2D eigenvalue weighted by atomic mass is 10.1. The van der Waals surface area contributed by atoms with Gasteiger partial charge in [-0.2, -0.15) is 4.31 Å². The molecule has 168 valence electrons. The lowest BCUT2D eigenvalue weighted by Crippen LogP contribution is -2.50. The van der Waals surface area contributed by atoms with Crippen LogP contribution < -0.4 is 15.0 Å². The highest BCUT2D eigenvalue weighted by Crippen LogP contribution is 2.28. The van der Waals surface area contributed by atoms with Crippen molar-refractivity contribution in [3.63, 3.8) is 0 Å². The summed E-state index contributed by atoms with van der Waals surface area (Å²) in [5, 5.41) is 4.76. The quantitative estimate of drug-likeness (QED) is 0.595. The van der Waals surface area contributed by atoms with Crippen LogP contribution >= 0.6 is 0 Å². The molecule has 1 aliphatic heterocycles. The van der Waals surface area contributed by atoms with E-state index in [1.54, 1.807) is 13.2 Å². The van der Waals surface area contributed by atoms with Gasteiger partial charge in [-0.25, -0.2) is 8.42 Å². The van der Waals surface area contributed by atoms with Crippen molar-refractivity contribution in [1.29, 1.82) is 0 Å². The fourth-order valence-electron chi connectivity index (χ4n) is 3.95. The van der Waals surface area contributed by atoms with Crippen molar-refractivity contribution in [3.8, 4) is 5.75 Å². The van der Waals surface area contributed by atoms with Crippen LogP contribution in [-0.2, 0) is 10.0 Å². The van der Waals surface area contributed by atoms with Crippen LogP contribution in [-0.4, -0.2) is 64.2 Å². The number of carbonyl (C=O) groups is 1. The van der Waals surface area contributed by atoms with E-state index >= 15 is 0 Å². The van der Waals surface area contributed by atoms with Gasteiger partial charge < -0.3 is 15.0 Å². The summed E-state index contributed by atoms with van der Waals surface area (Å²) >= 11 is 0. The molecule has 0 atom stereocenters. The van der Waals surface area contributed by atoms with E-state index in [-0.39, 0.29) is 18.2 Å². The summed E-state index contributed by atoms with van der Waals surface area (Å²) in [7, 11) is -1.83. The van der Waals surface area contributed by atoms with Gasteiger partial charge >= 0.3 is 0 Å². The molecule has 1 heterocycles. The molecule has 0 aromatic heterocycles. The molecule has 1 saturated heterocycles. The van der Waals surface area contributed by atoms with Gasteiger partial charge in [-0.3, -0.25) is 4.79 Å². The fourth-order valence-corrected chi connectivity index (χ4v) is 5.29. The van der Waals surface area contributed by atoms with Gasteiger partial charge in [0, 0.05) is 38.3 Å². The summed E-state index contributed by atoms with van der Waals surface area (Å²) in [5.41, 5.74) is 1.49. The number of sulfonamides is 1. The van der Waals surface area contributed by atoms with Crippen LogP contribution in [0.1, 0.15) is 10.4 Å². The lowest BCUT2D eigenvalue weighted by Gasteiger charge is -2.36. The number of nitrogens with zero attached hydrogens (tertiary/aromatic N) is 2. The van der Waals surface area contributed by atoms with Crippen LogP contribution in [0.25, 0.3) is 10.8 Å². The van der Waals surface area contributed by atoms with Gasteiger partial charge in [0.15, 0.2) is 0 Å². The molecule has 8 heteroatoms. The Bertz CT molecular complexity index is 1200. The van der Waals surface area contributed by atoms with Gasteiger partial charge in [0.1, 0.15) is 5.75 Å². The van der Waals surface area contributed by atoms with Crippen molar-refractivity contribution < 1.29 is 17.9 Å². The number of anilines is 1. The Kier molecular flexibility index (Phi) is 6.62. The zero-order valence-corrected chi connectivity index (χ0v) is 18.8. The number of piperazine rings is 1. The Morgan fingerprint density at radius 3 is 2.38 bits per heavy atom. The first-order valence-electron chi connectivity index (χ1n) is 10.6. The zero-order valence-electron chi connectivity index (χ0n) is 18.0. The molecular weight excluding hydrogens is 426 g/mol. The normalized spacial score (nSPS) is 15.0. The van der Waals surface area contributed by atoms with Gasteiger partial charge in [0.05, 0.1) is 18.6 Å². The summed E-state index contributed by atoms with van der Waals surface area (Å²) < 4.78 is 32.5. The number of methoxy groups -OCH3 is 1. The first-order valence-corrected chi connectivity index (χ1v) is 12.2. The molecule has 0 spiro atoms. The highest BCUT2D eigenvalue weighted by atomic mass is 32.2. The maximum absolute atomic E-state index is 12.8. The summed E-state index contributed by atoms with van der Waals surface area (Å²) in [4.78, 5) is 14.6. The predicted molar refractivity (Wildman–Crippen MR) is 127 cm³/mol. The number of fused-ring (bicyclic) bond motifs is 1. The van der Waals surface area contributed by atoms with Crippen LogP contribution in [0.5, 0.6) is 5.75 Å². The monoisotopic (exact) mass is 453 g/mol. The molecule has 0 radical (unpaired) electrons. The molecular formula is C24H27N3O4S.